The average molecular weight is 427 g/mol. The fourth-order valence-corrected chi connectivity index (χ4v) is 4.35. The van der Waals surface area contributed by atoms with Crippen molar-refractivity contribution in [3.8, 4) is 0 Å². The first-order valence-corrected chi connectivity index (χ1v) is 10.6. The lowest BCUT2D eigenvalue weighted by Gasteiger charge is -2.22. The van der Waals surface area contributed by atoms with E-state index >= 15 is 0 Å². The highest BCUT2D eigenvalue weighted by molar-refractivity contribution is 7.89. The van der Waals surface area contributed by atoms with Crippen molar-refractivity contribution in [2.24, 2.45) is 5.92 Å². The summed E-state index contributed by atoms with van der Waals surface area (Å²) in [7, 11) is -3.93. The molecule has 0 saturated carbocycles. The predicted octanol–water partition coefficient (Wildman–Crippen LogP) is 3.47. The molecular formula is C17H25ClF2N2O4S. The highest BCUT2D eigenvalue weighted by Gasteiger charge is 2.24. The zero-order chi connectivity index (χ0) is 20.0. The molecule has 27 heavy (non-hydrogen) atoms. The smallest absolute Gasteiger partial charge is 0.345 e. The van der Waals surface area contributed by atoms with Crippen molar-refractivity contribution >= 4 is 27.3 Å². The van der Waals surface area contributed by atoms with E-state index in [1.165, 1.54) is 12.1 Å². The van der Waals surface area contributed by atoms with Gasteiger partial charge in [0.15, 0.2) is 0 Å². The fourth-order valence-electron chi connectivity index (χ4n) is 2.64. The lowest BCUT2D eigenvalue weighted by molar-refractivity contribution is -0.134. The zero-order valence-corrected chi connectivity index (χ0v) is 16.8. The first-order chi connectivity index (χ1) is 12.7. The summed E-state index contributed by atoms with van der Waals surface area (Å²) < 4.78 is 61.9. The zero-order valence-electron chi connectivity index (χ0n) is 15.3. The van der Waals surface area contributed by atoms with Crippen LogP contribution in [0.4, 0.5) is 14.5 Å². The number of benzene rings is 1. The second-order valence-corrected chi connectivity index (χ2v) is 8.84. The van der Waals surface area contributed by atoms with E-state index in [4.69, 9.17) is 16.3 Å². The summed E-state index contributed by atoms with van der Waals surface area (Å²) in [5, 5.41) is 3.40. The van der Waals surface area contributed by atoms with Gasteiger partial charge in [0.2, 0.25) is 10.0 Å². The minimum absolute atomic E-state index is 0.0436. The summed E-state index contributed by atoms with van der Waals surface area (Å²) in [5.41, 5.74) is 0.604. The molecule has 0 bridgehead atoms. The number of sulfonamides is 1. The van der Waals surface area contributed by atoms with E-state index in [1.54, 1.807) is 19.9 Å². The van der Waals surface area contributed by atoms with E-state index in [2.05, 4.69) is 14.8 Å². The summed E-state index contributed by atoms with van der Waals surface area (Å²) in [6.45, 7) is 1.38. The number of halogens is 3. The van der Waals surface area contributed by atoms with Crippen LogP contribution in [0.5, 0.6) is 0 Å². The van der Waals surface area contributed by atoms with E-state index in [9.17, 15) is 17.2 Å². The summed E-state index contributed by atoms with van der Waals surface area (Å²) in [5.74, 6) is -0.235. The Balaban J connectivity index is 2.04. The molecule has 1 aromatic rings. The lowest BCUT2D eigenvalue weighted by atomic mass is 10.1. The number of rotatable bonds is 10. The molecule has 1 aliphatic rings. The molecule has 2 rings (SSSR count). The summed E-state index contributed by atoms with van der Waals surface area (Å²) >= 11 is 6.20. The Morgan fingerprint density at radius 3 is 2.67 bits per heavy atom. The number of anilines is 1. The molecule has 6 nitrogen and oxygen atoms in total. The summed E-state index contributed by atoms with van der Waals surface area (Å²) in [4.78, 5) is -0.0436. The third-order valence-corrected chi connectivity index (χ3v) is 6.11. The maximum Gasteiger partial charge on any atom is 0.345 e. The van der Waals surface area contributed by atoms with Gasteiger partial charge in [0.05, 0.1) is 28.3 Å². The summed E-state index contributed by atoms with van der Waals surface area (Å²) in [6.07, 6.45) is 2.11. The van der Waals surface area contributed by atoms with Gasteiger partial charge in [0.25, 0.3) is 0 Å². The van der Waals surface area contributed by atoms with Crippen molar-refractivity contribution in [2.75, 3.05) is 25.1 Å². The van der Waals surface area contributed by atoms with Crippen molar-refractivity contribution in [1.29, 1.82) is 0 Å². The quantitative estimate of drug-likeness (QED) is 0.599. The van der Waals surface area contributed by atoms with Crippen LogP contribution in [0.15, 0.2) is 23.1 Å². The Labute approximate surface area is 163 Å². The highest BCUT2D eigenvalue weighted by atomic mass is 35.5. The van der Waals surface area contributed by atoms with Crippen LogP contribution in [-0.2, 0) is 19.5 Å². The minimum Gasteiger partial charge on any atom is -0.381 e. The Bertz CT molecular complexity index is 713. The minimum atomic E-state index is -3.93. The Morgan fingerprint density at radius 2 is 2.11 bits per heavy atom. The second kappa shape index (κ2) is 9.97. The third kappa shape index (κ3) is 6.83. The van der Waals surface area contributed by atoms with Gasteiger partial charge in [0.1, 0.15) is 0 Å². The van der Waals surface area contributed by atoms with Crippen LogP contribution in [0, 0.1) is 5.92 Å². The van der Waals surface area contributed by atoms with E-state index in [0.717, 1.165) is 19.4 Å². The molecule has 0 radical (unpaired) electrons. The monoisotopic (exact) mass is 426 g/mol. The van der Waals surface area contributed by atoms with Crippen LogP contribution in [0.1, 0.15) is 26.7 Å². The van der Waals surface area contributed by atoms with Crippen LogP contribution in [0.3, 0.4) is 0 Å². The first kappa shape index (κ1) is 22.3. The first-order valence-electron chi connectivity index (χ1n) is 8.76. The molecule has 2 N–H and O–H groups in total. The van der Waals surface area contributed by atoms with Crippen LogP contribution in [0.25, 0.3) is 0 Å². The van der Waals surface area contributed by atoms with Gasteiger partial charge in [-0.05, 0) is 37.0 Å². The number of alkyl halides is 2. The number of ether oxygens (including phenoxy) is 2. The van der Waals surface area contributed by atoms with Crippen LogP contribution >= 0.6 is 11.6 Å². The molecule has 1 fully saturated rings. The highest BCUT2D eigenvalue weighted by Crippen LogP contribution is 2.26. The molecular weight excluding hydrogens is 402 g/mol. The number of hydrogen-bond acceptors (Lipinski definition) is 5. The van der Waals surface area contributed by atoms with Crippen molar-refractivity contribution in [1.82, 2.24) is 4.72 Å². The average Bonchev–Trinajstić information content (AvgIpc) is 3.10. The Kier molecular flexibility index (Phi) is 8.23. The molecule has 1 aliphatic heterocycles. The summed E-state index contributed by atoms with van der Waals surface area (Å²) in [6, 6.07) is 3.52. The van der Waals surface area contributed by atoms with E-state index < -0.39 is 29.3 Å². The fraction of sp³-hybridized carbons (Fsp3) is 0.647. The third-order valence-electron chi connectivity index (χ3n) is 4.31. The molecule has 1 unspecified atom stereocenters. The standard InChI is InChI=1S/C17H25ClF2N2O4S/c1-11(2)16(10-26-17(19)20)22-27(23,24)13-5-6-15(14(18)8-13)21-9-12-4-3-7-25-12/h5-6,8,11-12,16-17,21-22H,3-4,7,9-10H2,1-2H3/t12-,16?/m0/s1. The second-order valence-electron chi connectivity index (χ2n) is 6.72. The van der Waals surface area contributed by atoms with Gasteiger partial charge in [-0.15, -0.1) is 0 Å². The van der Waals surface area contributed by atoms with E-state index in [1.807, 2.05) is 0 Å². The SMILES string of the molecule is CC(C)C(COC(F)F)NS(=O)(=O)c1ccc(NC[C@@H]2CCCO2)c(Cl)c1. The number of nitrogens with one attached hydrogen (secondary N) is 2. The van der Waals surface area contributed by atoms with Gasteiger partial charge in [0, 0.05) is 19.2 Å². The van der Waals surface area contributed by atoms with E-state index in [-0.39, 0.29) is 21.9 Å². The molecule has 0 spiro atoms. The topological polar surface area (TPSA) is 76.7 Å². The predicted molar refractivity (Wildman–Crippen MR) is 99.8 cm³/mol. The largest absolute Gasteiger partial charge is 0.381 e. The molecule has 0 aromatic heterocycles. The number of hydrogen-bond donors (Lipinski definition) is 2. The van der Waals surface area contributed by atoms with Crippen molar-refractivity contribution in [3.63, 3.8) is 0 Å². The molecule has 1 aromatic carbocycles. The van der Waals surface area contributed by atoms with Gasteiger partial charge in [-0.2, -0.15) is 8.78 Å². The van der Waals surface area contributed by atoms with Crippen molar-refractivity contribution in [2.45, 2.75) is 50.3 Å². The maximum absolute atomic E-state index is 12.6. The molecule has 1 heterocycles. The van der Waals surface area contributed by atoms with Gasteiger partial charge in [-0.25, -0.2) is 13.1 Å². The van der Waals surface area contributed by atoms with Crippen molar-refractivity contribution < 1.29 is 26.7 Å². The van der Waals surface area contributed by atoms with E-state index in [0.29, 0.717) is 12.2 Å². The molecule has 1 saturated heterocycles. The molecule has 2 atom stereocenters. The van der Waals surface area contributed by atoms with Gasteiger partial charge >= 0.3 is 6.61 Å². The van der Waals surface area contributed by atoms with Gasteiger partial charge in [-0.3, -0.25) is 0 Å². The van der Waals surface area contributed by atoms with Crippen LogP contribution < -0.4 is 10.0 Å². The lowest BCUT2D eigenvalue weighted by Crippen LogP contribution is -2.42. The Hall–Kier alpha value is -1.00. The Morgan fingerprint density at radius 1 is 1.37 bits per heavy atom. The van der Waals surface area contributed by atoms with Crippen LogP contribution in [0.2, 0.25) is 5.02 Å². The molecule has 0 amide bonds. The molecule has 0 aliphatic carbocycles. The van der Waals surface area contributed by atoms with Gasteiger partial charge < -0.3 is 14.8 Å². The molecule has 10 heteroatoms. The normalized spacial score (nSPS) is 19.0. The maximum atomic E-state index is 12.6. The van der Waals surface area contributed by atoms with Crippen molar-refractivity contribution in [3.05, 3.63) is 23.2 Å². The van der Waals surface area contributed by atoms with Crippen LogP contribution in [-0.4, -0.2) is 46.9 Å². The molecule has 154 valence electrons. The van der Waals surface area contributed by atoms with Gasteiger partial charge in [-0.1, -0.05) is 25.4 Å².